The van der Waals surface area contributed by atoms with Gasteiger partial charge in [-0.1, -0.05) is 44.2 Å². The van der Waals surface area contributed by atoms with Gasteiger partial charge in [-0.25, -0.2) is 0 Å². The first kappa shape index (κ1) is 14.2. The van der Waals surface area contributed by atoms with Crippen LogP contribution in [0.5, 0.6) is 0 Å². The fourth-order valence-electron chi connectivity index (χ4n) is 1.83. The molecule has 1 unspecified atom stereocenters. The third-order valence-corrected chi connectivity index (χ3v) is 2.84. The zero-order chi connectivity index (χ0) is 12.7. The van der Waals surface area contributed by atoms with Crippen molar-refractivity contribution in [2.24, 2.45) is 5.92 Å². The molecule has 0 aliphatic rings. The van der Waals surface area contributed by atoms with Gasteiger partial charge in [-0.15, -0.1) is 0 Å². The summed E-state index contributed by atoms with van der Waals surface area (Å²) in [6, 6.07) is 9.96. The maximum atomic E-state index is 9.73. The SMILES string of the molecule is COCC(CO)(NCC(C)C)c1ccccc1. The number of hydrogen-bond donors (Lipinski definition) is 2. The van der Waals surface area contributed by atoms with Crippen LogP contribution in [-0.2, 0) is 10.3 Å². The van der Waals surface area contributed by atoms with Gasteiger partial charge in [0.2, 0.25) is 0 Å². The Labute approximate surface area is 104 Å². The fraction of sp³-hybridized carbons (Fsp3) is 0.571. The standard InChI is InChI=1S/C14H23NO2/c1-12(2)9-15-14(10-16,11-17-3)13-7-5-4-6-8-13/h4-8,12,15-16H,9-11H2,1-3H3. The summed E-state index contributed by atoms with van der Waals surface area (Å²) in [7, 11) is 1.66. The Balaban J connectivity index is 2.91. The van der Waals surface area contributed by atoms with E-state index in [-0.39, 0.29) is 6.61 Å². The smallest absolute Gasteiger partial charge is 0.0905 e. The second-order valence-corrected chi connectivity index (χ2v) is 4.81. The fourth-order valence-corrected chi connectivity index (χ4v) is 1.83. The van der Waals surface area contributed by atoms with Crippen LogP contribution in [0.25, 0.3) is 0 Å². The van der Waals surface area contributed by atoms with E-state index in [1.54, 1.807) is 7.11 Å². The maximum absolute atomic E-state index is 9.73. The molecule has 0 saturated heterocycles. The van der Waals surface area contributed by atoms with Crippen LogP contribution in [0.15, 0.2) is 30.3 Å². The van der Waals surface area contributed by atoms with Crippen molar-refractivity contribution < 1.29 is 9.84 Å². The lowest BCUT2D eigenvalue weighted by Crippen LogP contribution is -2.50. The normalized spacial score (nSPS) is 14.9. The number of benzene rings is 1. The molecule has 3 nitrogen and oxygen atoms in total. The highest BCUT2D eigenvalue weighted by Gasteiger charge is 2.31. The predicted molar refractivity (Wildman–Crippen MR) is 69.9 cm³/mol. The van der Waals surface area contributed by atoms with Crippen LogP contribution >= 0.6 is 0 Å². The third-order valence-electron chi connectivity index (χ3n) is 2.84. The summed E-state index contributed by atoms with van der Waals surface area (Å²) in [4.78, 5) is 0. The van der Waals surface area contributed by atoms with E-state index in [0.717, 1.165) is 12.1 Å². The Morgan fingerprint density at radius 3 is 2.41 bits per heavy atom. The lowest BCUT2D eigenvalue weighted by Gasteiger charge is -2.33. The Morgan fingerprint density at radius 1 is 1.29 bits per heavy atom. The van der Waals surface area contributed by atoms with Crippen molar-refractivity contribution in [3.63, 3.8) is 0 Å². The molecule has 96 valence electrons. The van der Waals surface area contributed by atoms with Crippen molar-refractivity contribution in [3.8, 4) is 0 Å². The summed E-state index contributed by atoms with van der Waals surface area (Å²) in [5.74, 6) is 0.529. The molecule has 0 heterocycles. The van der Waals surface area contributed by atoms with Crippen molar-refractivity contribution in [2.45, 2.75) is 19.4 Å². The quantitative estimate of drug-likeness (QED) is 0.759. The highest BCUT2D eigenvalue weighted by atomic mass is 16.5. The van der Waals surface area contributed by atoms with Gasteiger partial charge in [0.1, 0.15) is 0 Å². The summed E-state index contributed by atoms with van der Waals surface area (Å²) in [5.41, 5.74) is 0.560. The van der Waals surface area contributed by atoms with Crippen molar-refractivity contribution in [1.29, 1.82) is 0 Å². The molecule has 2 N–H and O–H groups in total. The molecule has 1 rings (SSSR count). The molecule has 0 aliphatic carbocycles. The predicted octanol–water partition coefficient (Wildman–Crippen LogP) is 1.77. The van der Waals surface area contributed by atoms with Gasteiger partial charge in [0.05, 0.1) is 18.8 Å². The number of methoxy groups -OCH3 is 1. The number of aliphatic hydroxyl groups is 1. The van der Waals surface area contributed by atoms with Crippen molar-refractivity contribution in [1.82, 2.24) is 5.32 Å². The van der Waals surface area contributed by atoms with E-state index in [2.05, 4.69) is 19.2 Å². The molecule has 0 aromatic heterocycles. The van der Waals surface area contributed by atoms with Crippen molar-refractivity contribution >= 4 is 0 Å². The van der Waals surface area contributed by atoms with Crippen molar-refractivity contribution in [2.75, 3.05) is 26.9 Å². The third kappa shape index (κ3) is 3.80. The van der Waals surface area contributed by atoms with E-state index in [9.17, 15) is 5.11 Å². The van der Waals surface area contributed by atoms with Gasteiger partial charge in [0, 0.05) is 7.11 Å². The summed E-state index contributed by atoms with van der Waals surface area (Å²) >= 11 is 0. The van der Waals surface area contributed by atoms with Gasteiger partial charge in [-0.05, 0) is 18.0 Å². The van der Waals surface area contributed by atoms with E-state index >= 15 is 0 Å². The van der Waals surface area contributed by atoms with Crippen LogP contribution in [0.1, 0.15) is 19.4 Å². The largest absolute Gasteiger partial charge is 0.394 e. The first-order valence-electron chi connectivity index (χ1n) is 6.05. The molecule has 0 saturated carbocycles. The molecule has 1 aromatic carbocycles. The molecule has 1 atom stereocenters. The summed E-state index contributed by atoms with van der Waals surface area (Å²) in [6.45, 7) is 5.62. The number of nitrogens with one attached hydrogen (secondary N) is 1. The van der Waals surface area contributed by atoms with E-state index in [1.165, 1.54) is 0 Å². The molecule has 0 spiro atoms. The number of ether oxygens (including phenoxy) is 1. The Kier molecular flexibility index (Phi) is 5.62. The lowest BCUT2D eigenvalue weighted by atomic mass is 9.91. The maximum Gasteiger partial charge on any atom is 0.0905 e. The first-order valence-corrected chi connectivity index (χ1v) is 6.05. The second kappa shape index (κ2) is 6.74. The topological polar surface area (TPSA) is 41.5 Å². The molecular formula is C14H23NO2. The van der Waals surface area contributed by atoms with Crippen LogP contribution in [0.2, 0.25) is 0 Å². The van der Waals surface area contributed by atoms with Crippen LogP contribution in [0.3, 0.4) is 0 Å². The molecule has 0 fully saturated rings. The van der Waals surface area contributed by atoms with E-state index < -0.39 is 5.54 Å². The molecule has 17 heavy (non-hydrogen) atoms. The summed E-state index contributed by atoms with van der Waals surface area (Å²) in [6.07, 6.45) is 0. The van der Waals surface area contributed by atoms with Crippen LogP contribution in [0, 0.1) is 5.92 Å². The molecule has 0 aliphatic heterocycles. The molecule has 0 amide bonds. The van der Waals surface area contributed by atoms with Gasteiger partial charge < -0.3 is 15.2 Å². The number of rotatable bonds is 7. The van der Waals surface area contributed by atoms with Gasteiger partial charge >= 0.3 is 0 Å². The summed E-state index contributed by atoms with van der Waals surface area (Å²) in [5, 5.41) is 13.2. The van der Waals surface area contributed by atoms with Crippen LogP contribution in [0.4, 0.5) is 0 Å². The highest BCUT2D eigenvalue weighted by molar-refractivity contribution is 5.25. The number of aliphatic hydroxyl groups excluding tert-OH is 1. The van der Waals surface area contributed by atoms with Gasteiger partial charge in [0.25, 0.3) is 0 Å². The second-order valence-electron chi connectivity index (χ2n) is 4.81. The summed E-state index contributed by atoms with van der Waals surface area (Å²) < 4.78 is 5.26. The molecule has 3 heteroatoms. The van der Waals surface area contributed by atoms with Gasteiger partial charge in [-0.3, -0.25) is 0 Å². The average molecular weight is 237 g/mol. The monoisotopic (exact) mass is 237 g/mol. The van der Waals surface area contributed by atoms with E-state index in [0.29, 0.717) is 12.5 Å². The first-order chi connectivity index (χ1) is 8.14. The lowest BCUT2D eigenvalue weighted by molar-refractivity contribution is 0.0585. The zero-order valence-electron chi connectivity index (χ0n) is 10.9. The van der Waals surface area contributed by atoms with Gasteiger partial charge in [-0.2, -0.15) is 0 Å². The van der Waals surface area contributed by atoms with Crippen LogP contribution in [-0.4, -0.2) is 32.0 Å². The van der Waals surface area contributed by atoms with Crippen LogP contribution < -0.4 is 5.32 Å². The molecule has 0 bridgehead atoms. The van der Waals surface area contributed by atoms with E-state index in [4.69, 9.17) is 4.74 Å². The average Bonchev–Trinajstić information content (AvgIpc) is 2.35. The minimum atomic E-state index is -0.500. The highest BCUT2D eigenvalue weighted by Crippen LogP contribution is 2.21. The molecular weight excluding hydrogens is 214 g/mol. The Hall–Kier alpha value is -0.900. The zero-order valence-corrected chi connectivity index (χ0v) is 10.9. The van der Waals surface area contributed by atoms with Crippen molar-refractivity contribution in [3.05, 3.63) is 35.9 Å². The Bertz CT molecular complexity index is 313. The minimum absolute atomic E-state index is 0.0254. The van der Waals surface area contributed by atoms with E-state index in [1.807, 2.05) is 30.3 Å². The number of hydrogen-bond acceptors (Lipinski definition) is 3. The van der Waals surface area contributed by atoms with Gasteiger partial charge in [0.15, 0.2) is 0 Å². The minimum Gasteiger partial charge on any atom is -0.394 e. The molecule has 1 aromatic rings. The Morgan fingerprint density at radius 2 is 1.94 bits per heavy atom. The molecule has 0 radical (unpaired) electrons.